The van der Waals surface area contributed by atoms with Crippen LogP contribution in [0.15, 0.2) is 30.5 Å². The van der Waals surface area contributed by atoms with Gasteiger partial charge in [-0.3, -0.25) is 14.3 Å². The van der Waals surface area contributed by atoms with Crippen LogP contribution in [0.25, 0.3) is 0 Å². The number of carboxylic acids is 1. The highest BCUT2D eigenvalue weighted by Crippen LogP contribution is 2.21. The van der Waals surface area contributed by atoms with Gasteiger partial charge >= 0.3 is 5.97 Å². The molecule has 0 aliphatic rings. The summed E-state index contributed by atoms with van der Waals surface area (Å²) in [5, 5.41) is 16.3. The Kier molecular flexibility index (Phi) is 5.85. The van der Waals surface area contributed by atoms with Crippen molar-refractivity contribution in [3.05, 3.63) is 47.3 Å². The van der Waals surface area contributed by atoms with Gasteiger partial charge in [-0.2, -0.15) is 5.10 Å². The highest BCUT2D eigenvalue weighted by Gasteiger charge is 2.23. The van der Waals surface area contributed by atoms with E-state index in [1.807, 2.05) is 23.7 Å². The van der Waals surface area contributed by atoms with Gasteiger partial charge in [0.15, 0.2) is 0 Å². The number of carbonyl (C=O) groups excluding carboxylic acids is 1. The average Bonchev–Trinajstić information content (AvgIpc) is 3.00. The van der Waals surface area contributed by atoms with Crippen molar-refractivity contribution >= 4 is 17.6 Å². The summed E-state index contributed by atoms with van der Waals surface area (Å²) >= 11 is 0. The Morgan fingerprint density at radius 1 is 1.23 bits per heavy atom. The molecule has 2 N–H and O–H groups in total. The number of rotatable bonds is 6. The fraction of sp³-hybridized carbons (Fsp3) is 0.450. The van der Waals surface area contributed by atoms with Crippen molar-refractivity contribution in [3.63, 3.8) is 0 Å². The number of carbonyl (C=O) groups is 2. The molecule has 0 radical (unpaired) electrons. The molecule has 1 heterocycles. The maximum Gasteiger partial charge on any atom is 0.306 e. The summed E-state index contributed by atoms with van der Waals surface area (Å²) < 4.78 is 1.89. The van der Waals surface area contributed by atoms with Gasteiger partial charge in [-0.25, -0.2) is 0 Å². The molecule has 0 aliphatic heterocycles. The number of amides is 1. The molecule has 0 bridgehead atoms. The van der Waals surface area contributed by atoms with E-state index < -0.39 is 11.9 Å². The predicted octanol–water partition coefficient (Wildman–Crippen LogP) is 3.72. The Hall–Kier alpha value is -2.63. The molecule has 2 aromatic rings. The van der Waals surface area contributed by atoms with Crippen LogP contribution in [0.5, 0.6) is 0 Å². The van der Waals surface area contributed by atoms with Gasteiger partial charge in [0.25, 0.3) is 5.91 Å². The van der Waals surface area contributed by atoms with Crippen LogP contribution in [0.3, 0.4) is 0 Å². The Labute approximate surface area is 154 Å². The second-order valence-electron chi connectivity index (χ2n) is 7.54. The number of nitrogens with zero attached hydrogens (tertiary/aromatic N) is 2. The van der Waals surface area contributed by atoms with Gasteiger partial charge in [0.05, 0.1) is 28.9 Å². The maximum absolute atomic E-state index is 12.6. The number of hydrogen-bond acceptors (Lipinski definition) is 3. The van der Waals surface area contributed by atoms with Crippen LogP contribution in [-0.4, -0.2) is 26.8 Å². The van der Waals surface area contributed by atoms with E-state index in [9.17, 15) is 9.59 Å². The smallest absolute Gasteiger partial charge is 0.306 e. The first-order chi connectivity index (χ1) is 12.1. The van der Waals surface area contributed by atoms with Crippen molar-refractivity contribution < 1.29 is 14.7 Å². The normalized spacial score (nSPS) is 12.7. The molecule has 2 rings (SSSR count). The molecule has 0 spiro atoms. The topological polar surface area (TPSA) is 84.2 Å². The van der Waals surface area contributed by atoms with E-state index in [2.05, 4.69) is 31.2 Å². The fourth-order valence-corrected chi connectivity index (χ4v) is 2.85. The first kappa shape index (κ1) is 19.7. The minimum Gasteiger partial charge on any atom is -0.481 e. The standard InChI is InChI=1S/C20H27N3O3/c1-6-17-16(12-21-23(17)20(3,4)5)18(24)22-15-9-7-14(8-10-15)11-13(2)19(25)26/h7-10,12-13H,6,11H2,1-5H3,(H,22,24)(H,25,26). The Morgan fingerprint density at radius 2 is 1.85 bits per heavy atom. The van der Waals surface area contributed by atoms with Crippen LogP contribution in [-0.2, 0) is 23.2 Å². The zero-order valence-electron chi connectivity index (χ0n) is 16.0. The number of aliphatic carboxylic acids is 1. The molecule has 1 atom stereocenters. The van der Waals surface area contributed by atoms with Crippen LogP contribution in [0.4, 0.5) is 5.69 Å². The Morgan fingerprint density at radius 3 is 2.35 bits per heavy atom. The first-order valence-electron chi connectivity index (χ1n) is 8.84. The molecule has 1 unspecified atom stereocenters. The largest absolute Gasteiger partial charge is 0.481 e. The summed E-state index contributed by atoms with van der Waals surface area (Å²) in [6.45, 7) is 9.85. The van der Waals surface area contributed by atoms with Crippen LogP contribution in [0.2, 0.25) is 0 Å². The molecule has 1 aromatic heterocycles. The number of hydrogen-bond donors (Lipinski definition) is 2. The summed E-state index contributed by atoms with van der Waals surface area (Å²) in [7, 11) is 0. The van der Waals surface area contributed by atoms with Gasteiger partial charge in [0.1, 0.15) is 0 Å². The van der Waals surface area contributed by atoms with E-state index in [0.29, 0.717) is 24.1 Å². The van der Waals surface area contributed by atoms with E-state index in [1.165, 1.54) is 0 Å². The van der Waals surface area contributed by atoms with Crippen molar-refractivity contribution in [2.75, 3.05) is 5.32 Å². The number of benzene rings is 1. The molecule has 1 aromatic carbocycles. The summed E-state index contributed by atoms with van der Waals surface area (Å²) in [6, 6.07) is 7.27. The first-order valence-corrected chi connectivity index (χ1v) is 8.84. The molecular formula is C20H27N3O3. The fourth-order valence-electron chi connectivity index (χ4n) is 2.85. The van der Waals surface area contributed by atoms with Crippen LogP contribution in [0, 0.1) is 5.92 Å². The van der Waals surface area contributed by atoms with E-state index >= 15 is 0 Å². The van der Waals surface area contributed by atoms with Gasteiger partial charge < -0.3 is 10.4 Å². The quantitative estimate of drug-likeness (QED) is 0.825. The monoisotopic (exact) mass is 357 g/mol. The number of anilines is 1. The minimum absolute atomic E-state index is 0.188. The van der Waals surface area contributed by atoms with Crippen molar-refractivity contribution in [1.29, 1.82) is 0 Å². The third-order valence-corrected chi connectivity index (χ3v) is 4.26. The highest BCUT2D eigenvalue weighted by molar-refractivity contribution is 6.05. The van der Waals surface area contributed by atoms with Gasteiger partial charge in [-0.15, -0.1) is 0 Å². The lowest BCUT2D eigenvalue weighted by molar-refractivity contribution is -0.141. The zero-order valence-corrected chi connectivity index (χ0v) is 16.0. The van der Waals surface area contributed by atoms with Gasteiger partial charge in [0.2, 0.25) is 0 Å². The van der Waals surface area contributed by atoms with Crippen LogP contribution >= 0.6 is 0 Å². The molecule has 0 saturated carbocycles. The number of aromatic nitrogens is 2. The predicted molar refractivity (Wildman–Crippen MR) is 102 cm³/mol. The van der Waals surface area contributed by atoms with Crippen molar-refractivity contribution in [1.82, 2.24) is 9.78 Å². The highest BCUT2D eigenvalue weighted by atomic mass is 16.4. The van der Waals surface area contributed by atoms with Crippen molar-refractivity contribution in [2.24, 2.45) is 5.92 Å². The third-order valence-electron chi connectivity index (χ3n) is 4.26. The zero-order chi connectivity index (χ0) is 19.5. The maximum atomic E-state index is 12.6. The molecule has 0 aliphatic carbocycles. The molecular weight excluding hydrogens is 330 g/mol. The average molecular weight is 357 g/mol. The van der Waals surface area contributed by atoms with Gasteiger partial charge in [0, 0.05) is 5.69 Å². The van der Waals surface area contributed by atoms with E-state index in [1.54, 1.807) is 25.3 Å². The van der Waals surface area contributed by atoms with Crippen molar-refractivity contribution in [3.8, 4) is 0 Å². The SMILES string of the molecule is CCc1c(C(=O)Nc2ccc(CC(C)C(=O)O)cc2)cnn1C(C)(C)C. The summed E-state index contributed by atoms with van der Waals surface area (Å²) in [5.74, 6) is -1.44. The molecule has 1 amide bonds. The molecule has 26 heavy (non-hydrogen) atoms. The van der Waals surface area contributed by atoms with E-state index in [-0.39, 0.29) is 11.4 Å². The number of nitrogens with one attached hydrogen (secondary N) is 1. The summed E-state index contributed by atoms with van der Waals surface area (Å²) in [6.07, 6.45) is 2.79. The molecule has 6 heteroatoms. The van der Waals surface area contributed by atoms with E-state index in [4.69, 9.17) is 5.11 Å². The second-order valence-corrected chi connectivity index (χ2v) is 7.54. The van der Waals surface area contributed by atoms with E-state index in [0.717, 1.165) is 11.3 Å². The summed E-state index contributed by atoms with van der Waals surface area (Å²) in [5.41, 5.74) is 2.89. The number of carboxylic acid groups (broad SMARTS) is 1. The van der Waals surface area contributed by atoms with Gasteiger partial charge in [-0.05, 0) is 51.3 Å². The third kappa shape index (κ3) is 4.50. The van der Waals surface area contributed by atoms with Gasteiger partial charge in [-0.1, -0.05) is 26.0 Å². The molecule has 6 nitrogen and oxygen atoms in total. The molecule has 140 valence electrons. The minimum atomic E-state index is -0.815. The lowest BCUT2D eigenvalue weighted by atomic mass is 10.0. The second kappa shape index (κ2) is 7.72. The summed E-state index contributed by atoms with van der Waals surface area (Å²) in [4.78, 5) is 23.6. The Bertz CT molecular complexity index is 786. The molecule has 0 fully saturated rings. The Balaban J connectivity index is 2.13. The lowest BCUT2D eigenvalue weighted by Crippen LogP contribution is -2.26. The van der Waals surface area contributed by atoms with Crippen LogP contribution < -0.4 is 5.32 Å². The lowest BCUT2D eigenvalue weighted by Gasteiger charge is -2.22. The van der Waals surface area contributed by atoms with Crippen LogP contribution in [0.1, 0.15) is 56.2 Å². The molecule has 0 saturated heterocycles. The van der Waals surface area contributed by atoms with Crippen molar-refractivity contribution in [2.45, 2.75) is 53.0 Å².